The number of hydrogen-bond acceptors (Lipinski definition) is 4. The van der Waals surface area contributed by atoms with E-state index in [0.29, 0.717) is 25.1 Å². The Morgan fingerprint density at radius 1 is 1.03 bits per heavy atom. The van der Waals surface area contributed by atoms with E-state index in [1.807, 2.05) is 60.7 Å². The van der Waals surface area contributed by atoms with Crippen LogP contribution in [0.4, 0.5) is 0 Å². The third-order valence-corrected chi connectivity index (χ3v) is 5.80. The monoisotopic (exact) mass is 507 g/mol. The molecule has 1 N–H and O–H groups in total. The lowest BCUT2D eigenvalue weighted by molar-refractivity contribution is 0.0954. The number of nitrogens with one attached hydrogen (secondary N) is 1. The topological polar surface area (TPSA) is 65.4 Å². The quantitative estimate of drug-likeness (QED) is 0.297. The molecule has 0 aliphatic carbocycles. The number of aromatic nitrogens is 2. The zero-order valence-corrected chi connectivity index (χ0v) is 20.0. The second-order valence-electron chi connectivity index (χ2n) is 7.56. The van der Waals surface area contributed by atoms with Gasteiger partial charge < -0.3 is 19.4 Å². The molecule has 0 saturated carbocycles. The highest BCUT2D eigenvalue weighted by Crippen LogP contribution is 2.19. The molecule has 0 bridgehead atoms. The molecule has 0 saturated heterocycles. The Balaban J connectivity index is 1.36. The molecule has 4 aromatic rings. The van der Waals surface area contributed by atoms with Gasteiger partial charge in [0.15, 0.2) is 0 Å². The summed E-state index contributed by atoms with van der Waals surface area (Å²) in [4.78, 5) is 17.2. The molecule has 0 radical (unpaired) electrons. The van der Waals surface area contributed by atoms with Crippen molar-refractivity contribution < 1.29 is 14.3 Å². The summed E-state index contributed by atoms with van der Waals surface area (Å²) < 4.78 is 14.2. The summed E-state index contributed by atoms with van der Waals surface area (Å²) in [7, 11) is 1.65. The minimum absolute atomic E-state index is 0.0909. The van der Waals surface area contributed by atoms with E-state index >= 15 is 0 Å². The molecule has 0 aliphatic heterocycles. The first-order valence-corrected chi connectivity index (χ1v) is 11.7. The standard InChI is InChI=1S/C26H26BrN3O3/c1-32-21-10-12-22(13-11-21)33-17-5-16-30-24-9-3-2-8-23(24)29-25(30)14-15-28-26(31)19-6-4-7-20(27)18-19/h2-4,6-13,18H,5,14-17H2,1H3,(H,28,31). The zero-order chi connectivity index (χ0) is 23.0. The van der Waals surface area contributed by atoms with E-state index in [9.17, 15) is 4.79 Å². The largest absolute Gasteiger partial charge is 0.497 e. The highest BCUT2D eigenvalue weighted by molar-refractivity contribution is 9.10. The molecule has 3 aromatic carbocycles. The molecule has 0 unspecified atom stereocenters. The Hall–Kier alpha value is -3.32. The molecule has 170 valence electrons. The van der Waals surface area contributed by atoms with E-state index < -0.39 is 0 Å². The number of amides is 1. The smallest absolute Gasteiger partial charge is 0.251 e. The van der Waals surface area contributed by atoms with Crippen LogP contribution in [0.15, 0.2) is 77.3 Å². The minimum Gasteiger partial charge on any atom is -0.497 e. The highest BCUT2D eigenvalue weighted by Gasteiger charge is 2.12. The molecule has 1 aromatic heterocycles. The summed E-state index contributed by atoms with van der Waals surface area (Å²) in [6, 6.07) is 23.1. The fraction of sp³-hybridized carbons (Fsp3) is 0.231. The number of rotatable bonds is 10. The molecule has 4 rings (SSSR count). The summed E-state index contributed by atoms with van der Waals surface area (Å²) in [5.41, 5.74) is 2.69. The van der Waals surface area contributed by atoms with Crippen molar-refractivity contribution >= 4 is 32.9 Å². The number of benzene rings is 3. The zero-order valence-electron chi connectivity index (χ0n) is 18.5. The van der Waals surface area contributed by atoms with Gasteiger partial charge in [-0.15, -0.1) is 0 Å². The molecular weight excluding hydrogens is 482 g/mol. The summed E-state index contributed by atoms with van der Waals surface area (Å²) in [6.07, 6.45) is 1.48. The molecule has 7 heteroatoms. The number of imidazole rings is 1. The SMILES string of the molecule is COc1ccc(OCCCn2c(CCNC(=O)c3cccc(Br)c3)nc3ccccc32)cc1. The minimum atomic E-state index is -0.0909. The number of fused-ring (bicyclic) bond motifs is 1. The molecule has 0 spiro atoms. The Labute approximate surface area is 201 Å². The van der Waals surface area contributed by atoms with Crippen molar-refractivity contribution in [2.24, 2.45) is 0 Å². The predicted octanol–water partition coefficient (Wildman–Crippen LogP) is 5.25. The molecular formula is C26H26BrN3O3. The first-order chi connectivity index (χ1) is 16.1. The molecule has 6 nitrogen and oxygen atoms in total. The van der Waals surface area contributed by atoms with E-state index in [4.69, 9.17) is 14.5 Å². The van der Waals surface area contributed by atoms with Gasteiger partial charge in [0.05, 0.1) is 24.8 Å². The van der Waals surface area contributed by atoms with Gasteiger partial charge in [0.1, 0.15) is 17.3 Å². The average molecular weight is 508 g/mol. The van der Waals surface area contributed by atoms with Gasteiger partial charge in [-0.25, -0.2) is 4.98 Å². The van der Waals surface area contributed by atoms with Gasteiger partial charge in [-0.3, -0.25) is 4.79 Å². The summed E-state index contributed by atoms with van der Waals surface area (Å²) in [5.74, 6) is 2.49. The van der Waals surface area contributed by atoms with Crippen LogP contribution < -0.4 is 14.8 Å². The van der Waals surface area contributed by atoms with Crippen LogP contribution in [0.25, 0.3) is 11.0 Å². The van der Waals surface area contributed by atoms with Gasteiger partial charge in [-0.1, -0.05) is 34.1 Å². The lowest BCUT2D eigenvalue weighted by Crippen LogP contribution is -2.26. The third-order valence-electron chi connectivity index (χ3n) is 5.31. The second kappa shape index (κ2) is 11.0. The number of halogens is 1. The van der Waals surface area contributed by atoms with Crippen LogP contribution in [0.2, 0.25) is 0 Å². The first kappa shape index (κ1) is 22.9. The molecule has 0 fully saturated rings. The van der Waals surface area contributed by atoms with E-state index in [-0.39, 0.29) is 5.91 Å². The van der Waals surface area contributed by atoms with E-state index in [2.05, 4.69) is 31.9 Å². The van der Waals surface area contributed by atoms with Crippen LogP contribution in [0.1, 0.15) is 22.6 Å². The Bertz CT molecular complexity index is 1220. The van der Waals surface area contributed by atoms with Crippen molar-refractivity contribution in [3.63, 3.8) is 0 Å². The number of hydrogen-bond donors (Lipinski definition) is 1. The first-order valence-electron chi connectivity index (χ1n) is 10.9. The third kappa shape index (κ3) is 5.93. The number of carbonyl (C=O) groups excluding carboxylic acids is 1. The van der Waals surface area contributed by atoms with Crippen LogP contribution in [-0.2, 0) is 13.0 Å². The Kier molecular flexibility index (Phi) is 7.62. The van der Waals surface area contributed by atoms with Crippen molar-refractivity contribution in [1.82, 2.24) is 14.9 Å². The van der Waals surface area contributed by atoms with Gasteiger partial charge in [-0.2, -0.15) is 0 Å². The maximum atomic E-state index is 12.4. The molecule has 33 heavy (non-hydrogen) atoms. The Morgan fingerprint density at radius 2 is 1.82 bits per heavy atom. The van der Waals surface area contributed by atoms with Gasteiger partial charge in [0.25, 0.3) is 5.91 Å². The van der Waals surface area contributed by atoms with Gasteiger partial charge in [0.2, 0.25) is 0 Å². The number of ether oxygens (including phenoxy) is 2. The van der Waals surface area contributed by atoms with Crippen LogP contribution >= 0.6 is 15.9 Å². The molecule has 0 aliphatic rings. The molecule has 1 heterocycles. The van der Waals surface area contributed by atoms with Gasteiger partial charge in [0, 0.05) is 29.5 Å². The lowest BCUT2D eigenvalue weighted by atomic mass is 10.2. The second-order valence-corrected chi connectivity index (χ2v) is 8.48. The van der Waals surface area contributed by atoms with Crippen molar-refractivity contribution in [2.75, 3.05) is 20.3 Å². The maximum absolute atomic E-state index is 12.4. The number of nitrogens with zero attached hydrogens (tertiary/aromatic N) is 2. The fourth-order valence-corrected chi connectivity index (χ4v) is 4.07. The average Bonchev–Trinajstić information content (AvgIpc) is 3.19. The van der Waals surface area contributed by atoms with Crippen molar-refractivity contribution in [3.8, 4) is 11.5 Å². The van der Waals surface area contributed by atoms with E-state index in [1.54, 1.807) is 13.2 Å². The van der Waals surface area contributed by atoms with Crippen molar-refractivity contribution in [3.05, 3.63) is 88.7 Å². The van der Waals surface area contributed by atoms with Crippen LogP contribution in [-0.4, -0.2) is 35.7 Å². The highest BCUT2D eigenvalue weighted by atomic mass is 79.9. The Morgan fingerprint density at radius 3 is 2.61 bits per heavy atom. The number of methoxy groups -OCH3 is 1. The van der Waals surface area contributed by atoms with Crippen LogP contribution in [0.5, 0.6) is 11.5 Å². The summed E-state index contributed by atoms with van der Waals surface area (Å²) >= 11 is 3.41. The number of aryl methyl sites for hydroxylation is 1. The maximum Gasteiger partial charge on any atom is 0.251 e. The summed E-state index contributed by atoms with van der Waals surface area (Å²) in [6.45, 7) is 1.89. The van der Waals surface area contributed by atoms with Gasteiger partial charge >= 0.3 is 0 Å². The van der Waals surface area contributed by atoms with Crippen molar-refractivity contribution in [1.29, 1.82) is 0 Å². The number of carbonyl (C=O) groups is 1. The fourth-order valence-electron chi connectivity index (χ4n) is 3.67. The molecule has 0 atom stereocenters. The van der Waals surface area contributed by atoms with Gasteiger partial charge in [-0.05, 0) is 61.0 Å². The van der Waals surface area contributed by atoms with E-state index in [1.165, 1.54) is 0 Å². The molecule has 1 amide bonds. The van der Waals surface area contributed by atoms with Crippen molar-refractivity contribution in [2.45, 2.75) is 19.4 Å². The number of para-hydroxylation sites is 2. The lowest BCUT2D eigenvalue weighted by Gasteiger charge is -2.11. The summed E-state index contributed by atoms with van der Waals surface area (Å²) in [5, 5.41) is 3.00. The predicted molar refractivity (Wildman–Crippen MR) is 133 cm³/mol. The van der Waals surface area contributed by atoms with E-state index in [0.717, 1.165) is 45.8 Å². The van der Waals surface area contributed by atoms with Crippen LogP contribution in [0.3, 0.4) is 0 Å². The van der Waals surface area contributed by atoms with Crippen LogP contribution in [0, 0.1) is 0 Å². The normalized spacial score (nSPS) is 10.8.